The number of epoxide rings is 1. The molecule has 8 atom stereocenters. The number of ether oxygens (including phenoxy) is 3. The maximum Gasteiger partial charge on any atom is 0.336 e. The lowest BCUT2D eigenvalue weighted by molar-refractivity contribution is -0.144. The fraction of sp³-hybridized carbons (Fsp3) is 0.800. The van der Waals surface area contributed by atoms with Crippen molar-refractivity contribution in [3.05, 3.63) is 11.6 Å². The summed E-state index contributed by atoms with van der Waals surface area (Å²) in [5, 5.41) is 11.2. The van der Waals surface area contributed by atoms with Crippen LogP contribution in [0.2, 0.25) is 0 Å². The highest BCUT2D eigenvalue weighted by Crippen LogP contribution is 2.50. The van der Waals surface area contributed by atoms with Crippen molar-refractivity contribution in [1.82, 2.24) is 4.90 Å². The third kappa shape index (κ3) is 2.66. The predicted molar refractivity (Wildman–Crippen MR) is 93.6 cm³/mol. The van der Waals surface area contributed by atoms with Crippen LogP contribution in [0.15, 0.2) is 11.6 Å². The Kier molecular flexibility index (Phi) is 3.94. The molecule has 1 N–H and O–H groups in total. The van der Waals surface area contributed by atoms with E-state index in [-0.39, 0.29) is 36.0 Å². The van der Waals surface area contributed by atoms with Crippen LogP contribution in [0.4, 0.5) is 0 Å². The molecule has 0 amide bonds. The molecule has 5 aliphatic rings. The first-order valence-corrected chi connectivity index (χ1v) is 10.1. The van der Waals surface area contributed by atoms with Gasteiger partial charge in [-0.2, -0.15) is 0 Å². The first kappa shape index (κ1) is 17.6. The molecule has 1 unspecified atom stereocenters. The van der Waals surface area contributed by atoms with Gasteiger partial charge >= 0.3 is 11.9 Å². The third-order valence-electron chi connectivity index (χ3n) is 7.13. The normalized spacial score (nSPS) is 49.6. The number of carbonyl (C=O) groups is 2. The number of esters is 2. The number of hydrogen-bond acceptors (Lipinski definition) is 7. The van der Waals surface area contributed by atoms with Gasteiger partial charge in [-0.25, -0.2) is 4.79 Å². The topological polar surface area (TPSA) is 88.6 Å². The Hall–Kier alpha value is -1.44. The zero-order valence-electron chi connectivity index (χ0n) is 15.8. The van der Waals surface area contributed by atoms with E-state index >= 15 is 0 Å². The maximum atomic E-state index is 12.8. The molecule has 7 heteroatoms. The molecule has 0 spiro atoms. The Labute approximate surface area is 158 Å². The molecule has 7 nitrogen and oxygen atoms in total. The number of fused-ring (bicyclic) bond motifs is 4. The van der Waals surface area contributed by atoms with Gasteiger partial charge in [-0.3, -0.25) is 9.69 Å². The number of carbonyl (C=O) groups excluding carboxylic acids is 2. The fourth-order valence-electron chi connectivity index (χ4n) is 5.58. The van der Waals surface area contributed by atoms with E-state index in [9.17, 15) is 14.7 Å². The third-order valence-corrected chi connectivity index (χ3v) is 7.13. The summed E-state index contributed by atoms with van der Waals surface area (Å²) in [5.74, 6) is -1.18. The van der Waals surface area contributed by atoms with E-state index in [1.165, 1.54) is 6.42 Å². The highest BCUT2D eigenvalue weighted by molar-refractivity contribution is 5.92. The van der Waals surface area contributed by atoms with Crippen LogP contribution in [0.1, 0.15) is 39.5 Å². The van der Waals surface area contributed by atoms with Crippen LogP contribution >= 0.6 is 0 Å². The molecule has 3 saturated heterocycles. The van der Waals surface area contributed by atoms with Gasteiger partial charge in [0.1, 0.15) is 24.4 Å². The first-order valence-electron chi connectivity index (χ1n) is 10.1. The number of piperidine rings is 1. The predicted octanol–water partition coefficient (Wildman–Crippen LogP) is 0.792. The summed E-state index contributed by atoms with van der Waals surface area (Å²) >= 11 is 0. The van der Waals surface area contributed by atoms with Gasteiger partial charge in [0.15, 0.2) is 0 Å². The number of nitrogens with zero attached hydrogens (tertiary/aromatic N) is 1. The van der Waals surface area contributed by atoms with Crippen molar-refractivity contribution >= 4 is 11.9 Å². The van der Waals surface area contributed by atoms with E-state index in [2.05, 4.69) is 4.90 Å². The van der Waals surface area contributed by atoms with Crippen LogP contribution in [0, 0.1) is 11.8 Å². The summed E-state index contributed by atoms with van der Waals surface area (Å²) in [6, 6.07) is -0.417. The van der Waals surface area contributed by atoms with E-state index in [4.69, 9.17) is 14.2 Å². The smallest absolute Gasteiger partial charge is 0.336 e. The largest absolute Gasteiger partial charge is 0.462 e. The average Bonchev–Trinajstić information content (AvgIpc) is 3.05. The first-order chi connectivity index (χ1) is 12.9. The van der Waals surface area contributed by atoms with Gasteiger partial charge < -0.3 is 19.3 Å². The molecule has 0 radical (unpaired) electrons. The molecule has 27 heavy (non-hydrogen) atoms. The average molecular weight is 377 g/mol. The minimum absolute atomic E-state index is 0.210. The van der Waals surface area contributed by atoms with Crippen LogP contribution in [0.5, 0.6) is 0 Å². The minimum atomic E-state index is -0.809. The Balaban J connectivity index is 1.56. The summed E-state index contributed by atoms with van der Waals surface area (Å²) in [4.78, 5) is 27.2. The zero-order chi connectivity index (χ0) is 18.9. The molecule has 5 rings (SSSR count). The van der Waals surface area contributed by atoms with E-state index < -0.39 is 23.9 Å². The lowest BCUT2D eigenvalue weighted by atomic mass is 9.79. The highest BCUT2D eigenvalue weighted by atomic mass is 16.6. The SMILES string of the molecule is CC1C(=O)O[C@H]2C[C@]3(C)O[C@H]3[C@H](O)[C@@H](N3CCCCC3)C3=C[C@@H](OC3=O)[C@H]12. The second kappa shape index (κ2) is 6.03. The summed E-state index contributed by atoms with van der Waals surface area (Å²) in [6.45, 7) is 5.50. The molecule has 0 saturated carbocycles. The Bertz CT molecular complexity index is 701. The van der Waals surface area contributed by atoms with Crippen LogP contribution in [-0.2, 0) is 23.8 Å². The minimum Gasteiger partial charge on any atom is -0.462 e. The summed E-state index contributed by atoms with van der Waals surface area (Å²) in [6.07, 6.45) is 3.60. The molecule has 0 aromatic carbocycles. The number of rotatable bonds is 1. The molecule has 0 aromatic heterocycles. The Morgan fingerprint density at radius 2 is 1.93 bits per heavy atom. The van der Waals surface area contributed by atoms with Gasteiger partial charge in [0, 0.05) is 12.3 Å². The van der Waals surface area contributed by atoms with Crippen molar-refractivity contribution in [2.45, 2.75) is 75.6 Å². The van der Waals surface area contributed by atoms with Crippen molar-refractivity contribution in [1.29, 1.82) is 0 Å². The standard InChI is InChI=1S/C20H27NO6/c1-10-14-12-8-11(19(24)25-12)15(21-6-4-3-5-7-21)16(22)17-20(2,27-17)9-13(14)26-18(10)23/h8,10,12-17,22H,3-7,9H2,1-2H3/t10?,12-,13+,14+,15+,16-,17+,20+/m1/s1. The van der Waals surface area contributed by atoms with Crippen LogP contribution in [-0.4, -0.2) is 71.1 Å². The molecule has 148 valence electrons. The van der Waals surface area contributed by atoms with E-state index in [1.807, 2.05) is 19.9 Å². The van der Waals surface area contributed by atoms with Gasteiger partial charge in [-0.15, -0.1) is 0 Å². The molecule has 1 aliphatic carbocycles. The zero-order valence-corrected chi connectivity index (χ0v) is 15.8. The molecular weight excluding hydrogens is 350 g/mol. The molecule has 2 bridgehead atoms. The monoisotopic (exact) mass is 377 g/mol. The van der Waals surface area contributed by atoms with Crippen LogP contribution in [0.3, 0.4) is 0 Å². The van der Waals surface area contributed by atoms with Gasteiger partial charge in [-0.1, -0.05) is 13.3 Å². The maximum absolute atomic E-state index is 12.8. The van der Waals surface area contributed by atoms with Gasteiger partial charge in [0.05, 0.1) is 23.1 Å². The quantitative estimate of drug-likeness (QED) is 0.534. The Morgan fingerprint density at radius 3 is 2.67 bits per heavy atom. The van der Waals surface area contributed by atoms with Gasteiger partial charge in [0.25, 0.3) is 0 Å². The second-order valence-electron chi connectivity index (χ2n) is 8.92. The second-order valence-corrected chi connectivity index (χ2v) is 8.92. The van der Waals surface area contributed by atoms with Crippen LogP contribution < -0.4 is 0 Å². The van der Waals surface area contributed by atoms with Gasteiger partial charge in [0.2, 0.25) is 0 Å². The lowest BCUT2D eigenvalue weighted by Gasteiger charge is -2.37. The van der Waals surface area contributed by atoms with Crippen molar-refractivity contribution in [3.63, 3.8) is 0 Å². The fourth-order valence-corrected chi connectivity index (χ4v) is 5.58. The van der Waals surface area contributed by atoms with Crippen molar-refractivity contribution in [2.75, 3.05) is 13.1 Å². The van der Waals surface area contributed by atoms with Crippen LogP contribution in [0.25, 0.3) is 0 Å². The lowest BCUT2D eigenvalue weighted by Crippen LogP contribution is -2.51. The molecule has 3 fully saturated rings. The molecule has 0 aromatic rings. The molecular formula is C20H27NO6. The van der Waals surface area contributed by atoms with Crippen molar-refractivity contribution < 1.29 is 28.9 Å². The molecule has 4 heterocycles. The Morgan fingerprint density at radius 1 is 1.19 bits per heavy atom. The number of aliphatic hydroxyl groups excluding tert-OH is 1. The summed E-state index contributed by atoms with van der Waals surface area (Å²) < 4.78 is 17.2. The van der Waals surface area contributed by atoms with E-state index in [0.29, 0.717) is 12.0 Å². The summed E-state index contributed by atoms with van der Waals surface area (Å²) in [7, 11) is 0. The van der Waals surface area contributed by atoms with E-state index in [0.717, 1.165) is 25.9 Å². The van der Waals surface area contributed by atoms with E-state index in [1.54, 1.807) is 0 Å². The number of likely N-dealkylation sites (tertiary alicyclic amines) is 1. The van der Waals surface area contributed by atoms with Gasteiger partial charge in [-0.05, 0) is 38.9 Å². The number of aliphatic hydroxyl groups is 1. The van der Waals surface area contributed by atoms with Crippen molar-refractivity contribution in [3.8, 4) is 0 Å². The molecule has 4 aliphatic heterocycles. The van der Waals surface area contributed by atoms with Crippen molar-refractivity contribution in [2.24, 2.45) is 11.8 Å². The number of hydrogen-bond donors (Lipinski definition) is 1. The summed E-state index contributed by atoms with van der Waals surface area (Å²) in [5.41, 5.74) is -0.0272. The highest BCUT2D eigenvalue weighted by Gasteiger charge is 2.64.